The van der Waals surface area contributed by atoms with Gasteiger partial charge in [0.15, 0.2) is 0 Å². The third-order valence-corrected chi connectivity index (χ3v) is 4.95. The van der Waals surface area contributed by atoms with Crippen LogP contribution in [0, 0.1) is 5.82 Å². The molecule has 112 valence electrons. The Morgan fingerprint density at radius 3 is 2.85 bits per heavy atom. The lowest BCUT2D eigenvalue weighted by Gasteiger charge is -2.23. The average Bonchev–Trinajstić information content (AvgIpc) is 2.42. The molecule has 4 nitrogen and oxygen atoms in total. The lowest BCUT2D eigenvalue weighted by atomic mass is 10.0. The van der Waals surface area contributed by atoms with Gasteiger partial charge in [0.2, 0.25) is 10.0 Å². The Kier molecular flexibility index (Phi) is 5.23. The molecule has 1 atom stereocenters. The summed E-state index contributed by atoms with van der Waals surface area (Å²) in [5, 5.41) is 3.21. The normalized spacial score (nSPS) is 19.8. The van der Waals surface area contributed by atoms with Gasteiger partial charge in [-0.1, -0.05) is 18.0 Å². The van der Waals surface area contributed by atoms with Crippen molar-refractivity contribution in [2.75, 3.05) is 17.0 Å². The molecule has 0 aliphatic carbocycles. The van der Waals surface area contributed by atoms with E-state index in [9.17, 15) is 12.8 Å². The van der Waals surface area contributed by atoms with Crippen molar-refractivity contribution in [1.29, 1.82) is 0 Å². The SMILES string of the molecule is O=S(=O)(CCC1CCCCN1)Nc1ccc(F)c(Cl)c1. The van der Waals surface area contributed by atoms with Crippen LogP contribution in [0.3, 0.4) is 0 Å². The highest BCUT2D eigenvalue weighted by Gasteiger charge is 2.17. The maximum Gasteiger partial charge on any atom is 0.232 e. The van der Waals surface area contributed by atoms with Gasteiger partial charge in [-0.15, -0.1) is 0 Å². The first-order valence-corrected chi connectivity index (χ1v) is 8.68. The molecule has 0 bridgehead atoms. The van der Waals surface area contributed by atoms with E-state index in [4.69, 9.17) is 11.6 Å². The van der Waals surface area contributed by atoms with Crippen molar-refractivity contribution >= 4 is 27.3 Å². The summed E-state index contributed by atoms with van der Waals surface area (Å²) >= 11 is 5.62. The molecule has 7 heteroatoms. The molecule has 0 saturated carbocycles. The van der Waals surface area contributed by atoms with Crippen LogP contribution in [0.25, 0.3) is 0 Å². The van der Waals surface area contributed by atoms with Crippen molar-refractivity contribution in [1.82, 2.24) is 5.32 Å². The number of rotatable bonds is 5. The van der Waals surface area contributed by atoms with E-state index < -0.39 is 15.8 Å². The van der Waals surface area contributed by atoms with E-state index in [2.05, 4.69) is 10.0 Å². The quantitative estimate of drug-likeness (QED) is 0.877. The summed E-state index contributed by atoms with van der Waals surface area (Å²) in [6.45, 7) is 0.950. The zero-order chi connectivity index (χ0) is 14.6. The zero-order valence-electron chi connectivity index (χ0n) is 11.0. The van der Waals surface area contributed by atoms with Crippen LogP contribution in [0.1, 0.15) is 25.7 Å². The van der Waals surface area contributed by atoms with Crippen molar-refractivity contribution in [3.8, 4) is 0 Å². The summed E-state index contributed by atoms with van der Waals surface area (Å²) in [4.78, 5) is 0. The Morgan fingerprint density at radius 2 is 2.20 bits per heavy atom. The highest BCUT2D eigenvalue weighted by Crippen LogP contribution is 2.20. The van der Waals surface area contributed by atoms with Crippen LogP contribution in [-0.4, -0.2) is 26.8 Å². The van der Waals surface area contributed by atoms with Gasteiger partial charge in [-0.25, -0.2) is 12.8 Å². The first-order chi connectivity index (χ1) is 9.46. The summed E-state index contributed by atoms with van der Waals surface area (Å²) in [5.41, 5.74) is 0.285. The summed E-state index contributed by atoms with van der Waals surface area (Å²) < 4.78 is 39.4. The van der Waals surface area contributed by atoms with Crippen molar-refractivity contribution in [2.24, 2.45) is 0 Å². The summed E-state index contributed by atoms with van der Waals surface area (Å²) in [5.74, 6) is -0.527. The van der Waals surface area contributed by atoms with Gasteiger partial charge in [0.25, 0.3) is 0 Å². The van der Waals surface area contributed by atoms with Crippen LogP contribution in [0.15, 0.2) is 18.2 Å². The van der Waals surface area contributed by atoms with Crippen LogP contribution >= 0.6 is 11.6 Å². The predicted octanol–water partition coefficient (Wildman–Crippen LogP) is 2.75. The van der Waals surface area contributed by atoms with Crippen LogP contribution in [0.4, 0.5) is 10.1 Å². The number of hydrogen-bond donors (Lipinski definition) is 2. The van der Waals surface area contributed by atoms with E-state index >= 15 is 0 Å². The van der Waals surface area contributed by atoms with Gasteiger partial charge < -0.3 is 5.32 Å². The van der Waals surface area contributed by atoms with E-state index in [0.29, 0.717) is 6.42 Å². The van der Waals surface area contributed by atoms with E-state index in [0.717, 1.165) is 31.9 Å². The number of hydrogen-bond acceptors (Lipinski definition) is 3. The largest absolute Gasteiger partial charge is 0.314 e. The monoisotopic (exact) mass is 320 g/mol. The maximum atomic E-state index is 13.0. The molecule has 1 aliphatic heterocycles. The minimum atomic E-state index is -3.43. The second kappa shape index (κ2) is 6.74. The second-order valence-corrected chi connectivity index (χ2v) is 7.23. The molecule has 0 amide bonds. The van der Waals surface area contributed by atoms with Gasteiger partial charge in [0.1, 0.15) is 5.82 Å². The number of nitrogens with one attached hydrogen (secondary N) is 2. The molecule has 0 radical (unpaired) electrons. The topological polar surface area (TPSA) is 58.2 Å². The lowest BCUT2D eigenvalue weighted by Crippen LogP contribution is -2.36. The van der Waals surface area contributed by atoms with Crippen molar-refractivity contribution in [3.63, 3.8) is 0 Å². The Bertz CT molecular complexity index is 559. The van der Waals surface area contributed by atoms with Gasteiger partial charge in [-0.05, 0) is 44.0 Å². The molecule has 1 aliphatic rings. The van der Waals surface area contributed by atoms with E-state index in [1.54, 1.807) is 0 Å². The highest BCUT2D eigenvalue weighted by molar-refractivity contribution is 7.92. The lowest BCUT2D eigenvalue weighted by molar-refractivity contribution is 0.393. The van der Waals surface area contributed by atoms with E-state index in [1.807, 2.05) is 0 Å². The maximum absolute atomic E-state index is 13.0. The fourth-order valence-corrected chi connectivity index (χ4v) is 3.62. The molecule has 2 N–H and O–H groups in total. The summed E-state index contributed by atoms with van der Waals surface area (Å²) in [6.07, 6.45) is 3.87. The fraction of sp³-hybridized carbons (Fsp3) is 0.538. The Hall–Kier alpha value is -0.850. The van der Waals surface area contributed by atoms with Gasteiger partial charge in [0.05, 0.1) is 16.5 Å². The number of anilines is 1. The van der Waals surface area contributed by atoms with Crippen LogP contribution in [0.2, 0.25) is 5.02 Å². The van der Waals surface area contributed by atoms with Crippen LogP contribution < -0.4 is 10.0 Å². The zero-order valence-corrected chi connectivity index (χ0v) is 12.6. The Morgan fingerprint density at radius 1 is 1.40 bits per heavy atom. The van der Waals surface area contributed by atoms with Crippen molar-refractivity contribution < 1.29 is 12.8 Å². The van der Waals surface area contributed by atoms with Gasteiger partial charge in [0, 0.05) is 6.04 Å². The standard InChI is InChI=1S/C13H18ClFN2O2S/c14-12-9-11(4-5-13(12)15)17-20(18,19)8-6-10-3-1-2-7-16-10/h4-5,9-10,16-17H,1-3,6-8H2. The van der Waals surface area contributed by atoms with E-state index in [-0.39, 0.29) is 22.5 Å². The molecule has 0 aromatic heterocycles. The molecule has 20 heavy (non-hydrogen) atoms. The molecule has 1 unspecified atom stereocenters. The third-order valence-electron chi connectivity index (χ3n) is 3.34. The first kappa shape index (κ1) is 15.5. The molecule has 1 aromatic rings. The van der Waals surface area contributed by atoms with Crippen molar-refractivity contribution in [3.05, 3.63) is 29.0 Å². The number of piperidine rings is 1. The molecular weight excluding hydrogens is 303 g/mol. The van der Waals surface area contributed by atoms with Gasteiger partial charge >= 0.3 is 0 Å². The minimum absolute atomic E-state index is 0.0413. The smallest absolute Gasteiger partial charge is 0.232 e. The van der Waals surface area contributed by atoms with Crippen LogP contribution in [-0.2, 0) is 10.0 Å². The van der Waals surface area contributed by atoms with Crippen molar-refractivity contribution in [2.45, 2.75) is 31.7 Å². The predicted molar refractivity (Wildman–Crippen MR) is 79.1 cm³/mol. The third kappa shape index (κ3) is 4.61. The van der Waals surface area contributed by atoms with Gasteiger partial charge in [-0.3, -0.25) is 4.72 Å². The van der Waals surface area contributed by atoms with Gasteiger partial charge in [-0.2, -0.15) is 0 Å². The molecule has 0 spiro atoms. The molecule has 2 rings (SSSR count). The molecule has 1 aromatic carbocycles. The van der Waals surface area contributed by atoms with Crippen LogP contribution in [0.5, 0.6) is 0 Å². The second-order valence-electron chi connectivity index (χ2n) is 4.99. The Balaban J connectivity index is 1.91. The highest BCUT2D eigenvalue weighted by atomic mass is 35.5. The molecular formula is C13H18ClFN2O2S. The summed E-state index contributed by atoms with van der Waals surface area (Å²) in [6, 6.07) is 4.03. The number of sulfonamides is 1. The molecule has 1 saturated heterocycles. The average molecular weight is 321 g/mol. The first-order valence-electron chi connectivity index (χ1n) is 6.65. The minimum Gasteiger partial charge on any atom is -0.314 e. The summed E-state index contributed by atoms with van der Waals surface area (Å²) in [7, 11) is -3.43. The Labute approximate surface area is 123 Å². The molecule has 1 heterocycles. The molecule has 1 fully saturated rings. The van der Waals surface area contributed by atoms with E-state index in [1.165, 1.54) is 12.1 Å². The number of halogens is 2. The number of benzene rings is 1. The fourth-order valence-electron chi connectivity index (χ4n) is 2.26.